The highest BCUT2D eigenvalue weighted by Crippen LogP contribution is 2.28. The molecule has 1 aromatic carbocycles. The van der Waals surface area contributed by atoms with Crippen LogP contribution < -0.4 is 15.5 Å². The van der Waals surface area contributed by atoms with Crippen LogP contribution in [0.2, 0.25) is 5.02 Å². The lowest BCUT2D eigenvalue weighted by Gasteiger charge is -2.21. The van der Waals surface area contributed by atoms with Gasteiger partial charge in [0.1, 0.15) is 6.04 Å². The van der Waals surface area contributed by atoms with Crippen LogP contribution in [0, 0.1) is 5.41 Å². The minimum Gasteiger partial charge on any atom is -0.380 e. The first-order valence-electron chi connectivity index (χ1n) is 8.87. The van der Waals surface area contributed by atoms with Crippen LogP contribution in [0.3, 0.4) is 0 Å². The zero-order chi connectivity index (χ0) is 21.4. The molecule has 2 rings (SSSR count). The van der Waals surface area contributed by atoms with Crippen molar-refractivity contribution in [2.24, 2.45) is 0 Å². The number of hydrogen-bond acceptors (Lipinski definition) is 5. The van der Waals surface area contributed by atoms with Gasteiger partial charge in [0, 0.05) is 18.8 Å². The number of anilines is 2. The molecule has 0 radical (unpaired) electrons. The summed E-state index contributed by atoms with van der Waals surface area (Å²) >= 11 is 10.9. The summed E-state index contributed by atoms with van der Waals surface area (Å²) in [6, 6.07) is 7.76. The molecule has 2 aromatic rings. The summed E-state index contributed by atoms with van der Waals surface area (Å²) in [5.41, 5.74) is 1.14. The number of hydrogen-bond donors (Lipinski definition) is 3. The fourth-order valence-corrected chi connectivity index (χ4v) is 3.98. The molecule has 29 heavy (non-hydrogen) atoms. The second-order valence-corrected chi connectivity index (χ2v) is 8.84. The van der Waals surface area contributed by atoms with E-state index in [2.05, 4.69) is 26.6 Å². The Bertz CT molecular complexity index is 877. The predicted molar refractivity (Wildman–Crippen MR) is 122 cm³/mol. The van der Waals surface area contributed by atoms with E-state index < -0.39 is 6.04 Å². The van der Waals surface area contributed by atoms with Gasteiger partial charge in [-0.05, 0) is 60.1 Å². The number of carbonyl (C=O) groups excluding carboxylic acids is 2. The Morgan fingerprint density at radius 3 is 2.72 bits per heavy atom. The molecule has 1 aromatic heterocycles. The van der Waals surface area contributed by atoms with Crippen LogP contribution in [-0.2, 0) is 9.53 Å². The van der Waals surface area contributed by atoms with Crippen LogP contribution in [-0.4, -0.2) is 44.0 Å². The van der Waals surface area contributed by atoms with Crippen LogP contribution in [0.25, 0.3) is 0 Å². The first-order valence-corrected chi connectivity index (χ1v) is 10.9. The molecule has 0 spiro atoms. The Labute approximate surface area is 187 Å². The first kappa shape index (κ1) is 23.3. The summed E-state index contributed by atoms with van der Waals surface area (Å²) in [5, 5.41) is 13.4. The predicted octanol–water partition coefficient (Wildman–Crippen LogP) is 4.37. The van der Waals surface area contributed by atoms with Crippen LogP contribution in [0.5, 0.6) is 0 Å². The van der Waals surface area contributed by atoms with Crippen LogP contribution in [0.15, 0.2) is 34.1 Å². The van der Waals surface area contributed by atoms with E-state index in [9.17, 15) is 9.59 Å². The minimum atomic E-state index is -0.730. The zero-order valence-electron chi connectivity index (χ0n) is 16.0. The molecular formula is C19H22BrClN4O3S. The summed E-state index contributed by atoms with van der Waals surface area (Å²) in [6.07, 6.45) is 1.18. The third-order valence-electron chi connectivity index (χ3n) is 3.90. The van der Waals surface area contributed by atoms with Crippen molar-refractivity contribution in [1.82, 2.24) is 5.32 Å². The summed E-state index contributed by atoms with van der Waals surface area (Å²) in [5.74, 6) is -0.675. The lowest BCUT2D eigenvalue weighted by molar-refractivity contribution is -0.117. The largest absolute Gasteiger partial charge is 0.380 e. The van der Waals surface area contributed by atoms with Crippen molar-refractivity contribution in [3.63, 3.8) is 0 Å². The molecule has 1 unspecified atom stereocenters. The maximum Gasteiger partial charge on any atom is 0.262 e. The molecule has 7 nitrogen and oxygen atoms in total. The third-order valence-corrected chi connectivity index (χ3v) is 5.82. The lowest BCUT2D eigenvalue weighted by atomic mass is 10.2. The molecule has 10 heteroatoms. The number of carbonyl (C=O) groups is 2. The van der Waals surface area contributed by atoms with E-state index in [1.807, 2.05) is 6.92 Å². The van der Waals surface area contributed by atoms with Crippen LogP contribution >= 0.6 is 38.9 Å². The molecule has 3 N–H and O–H groups in total. The molecular weight excluding hydrogens is 480 g/mol. The number of nitrogens with zero attached hydrogens (tertiary/aromatic N) is 1. The summed E-state index contributed by atoms with van der Waals surface area (Å²) in [6.45, 7) is 5.07. The maximum atomic E-state index is 12.4. The molecule has 1 heterocycles. The van der Waals surface area contributed by atoms with Gasteiger partial charge in [-0.1, -0.05) is 11.6 Å². The summed E-state index contributed by atoms with van der Waals surface area (Å²) in [4.78, 5) is 26.8. The second-order valence-electron chi connectivity index (χ2n) is 5.97. The molecule has 0 aliphatic carbocycles. The van der Waals surface area contributed by atoms with Gasteiger partial charge in [0.25, 0.3) is 5.91 Å². The standard InChI is InChI=1S/C19H22BrClN4O3S/c1-3-28-9-8-25(11-22)15-5-4-13(10-14(15)21)24-18(26)12(2)23-19(27)16-6-7-17(20)29-16/h4-7,10-12,22H,3,8-9H2,1-2H3,(H,23,27)(H,24,26). The van der Waals surface area contributed by atoms with E-state index >= 15 is 0 Å². The number of rotatable bonds is 10. The van der Waals surface area contributed by atoms with Crippen molar-refractivity contribution in [2.45, 2.75) is 19.9 Å². The van der Waals surface area contributed by atoms with Crippen molar-refractivity contribution in [3.8, 4) is 0 Å². The number of ether oxygens (including phenoxy) is 1. The smallest absolute Gasteiger partial charge is 0.262 e. The van der Waals surface area contributed by atoms with Gasteiger partial charge < -0.3 is 20.3 Å². The summed E-state index contributed by atoms with van der Waals surface area (Å²) < 4.78 is 6.16. The van der Waals surface area contributed by atoms with E-state index in [1.165, 1.54) is 17.7 Å². The lowest BCUT2D eigenvalue weighted by Crippen LogP contribution is -2.41. The van der Waals surface area contributed by atoms with Crippen molar-refractivity contribution in [3.05, 3.63) is 44.0 Å². The van der Waals surface area contributed by atoms with Gasteiger partial charge >= 0.3 is 0 Å². The van der Waals surface area contributed by atoms with Gasteiger partial charge in [-0.2, -0.15) is 0 Å². The van der Waals surface area contributed by atoms with Gasteiger partial charge in [-0.3, -0.25) is 15.0 Å². The van der Waals surface area contributed by atoms with Crippen molar-refractivity contribution in [1.29, 1.82) is 5.41 Å². The topological polar surface area (TPSA) is 94.5 Å². The molecule has 0 bridgehead atoms. The van der Waals surface area contributed by atoms with Crippen molar-refractivity contribution < 1.29 is 14.3 Å². The fraction of sp³-hybridized carbons (Fsp3) is 0.316. The monoisotopic (exact) mass is 500 g/mol. The highest BCUT2D eigenvalue weighted by molar-refractivity contribution is 9.11. The van der Waals surface area contributed by atoms with Crippen LogP contribution in [0.1, 0.15) is 23.5 Å². The van der Waals surface area contributed by atoms with Gasteiger partial charge in [-0.15, -0.1) is 11.3 Å². The number of benzene rings is 1. The first-order chi connectivity index (χ1) is 13.8. The number of nitrogens with one attached hydrogen (secondary N) is 3. The zero-order valence-corrected chi connectivity index (χ0v) is 19.2. The molecule has 156 valence electrons. The number of amides is 2. The minimum absolute atomic E-state index is 0.312. The third kappa shape index (κ3) is 6.81. The molecule has 2 amide bonds. The molecule has 0 fully saturated rings. The van der Waals surface area contributed by atoms with Crippen molar-refractivity contribution >= 4 is 68.4 Å². The van der Waals surface area contributed by atoms with E-state index in [0.717, 1.165) is 3.79 Å². The van der Waals surface area contributed by atoms with Gasteiger partial charge in [0.15, 0.2) is 0 Å². The maximum absolute atomic E-state index is 12.4. The average Bonchev–Trinajstić information content (AvgIpc) is 3.12. The number of thiophene rings is 1. The quantitative estimate of drug-likeness (QED) is 0.256. The highest BCUT2D eigenvalue weighted by atomic mass is 79.9. The highest BCUT2D eigenvalue weighted by Gasteiger charge is 2.18. The fourth-order valence-electron chi connectivity index (χ4n) is 2.40. The molecule has 1 atom stereocenters. The van der Waals surface area contributed by atoms with Crippen molar-refractivity contribution in [2.75, 3.05) is 30.0 Å². The Hall–Kier alpha value is -1.94. The Morgan fingerprint density at radius 1 is 1.38 bits per heavy atom. The Balaban J connectivity index is 1.98. The SMILES string of the molecule is CCOCCN(C=N)c1ccc(NC(=O)C(C)NC(=O)c2ccc(Br)s2)cc1Cl. The Morgan fingerprint density at radius 2 is 2.14 bits per heavy atom. The van der Waals surface area contributed by atoms with E-state index in [0.29, 0.717) is 41.0 Å². The second kappa shape index (κ2) is 11.3. The average molecular weight is 502 g/mol. The van der Waals surface area contributed by atoms with Gasteiger partial charge in [-0.25, -0.2) is 0 Å². The Kier molecular flexibility index (Phi) is 9.09. The van der Waals surface area contributed by atoms with E-state index in [4.69, 9.17) is 21.7 Å². The molecule has 0 saturated carbocycles. The normalized spacial score (nSPS) is 11.6. The number of halogens is 2. The van der Waals surface area contributed by atoms with Gasteiger partial charge in [0.05, 0.1) is 32.3 Å². The molecule has 0 saturated heterocycles. The van der Waals surface area contributed by atoms with E-state index in [-0.39, 0.29) is 11.8 Å². The van der Waals surface area contributed by atoms with Gasteiger partial charge in [0.2, 0.25) is 5.91 Å². The van der Waals surface area contributed by atoms with E-state index in [1.54, 1.807) is 42.2 Å². The summed E-state index contributed by atoms with van der Waals surface area (Å²) in [7, 11) is 0. The molecule has 0 aliphatic rings. The van der Waals surface area contributed by atoms with Crippen LogP contribution in [0.4, 0.5) is 11.4 Å². The molecule has 0 aliphatic heterocycles.